The van der Waals surface area contributed by atoms with Gasteiger partial charge in [-0.25, -0.2) is 0 Å². The molecule has 86 valence electrons. The predicted octanol–water partition coefficient (Wildman–Crippen LogP) is 4.33. The van der Waals surface area contributed by atoms with Crippen molar-refractivity contribution in [1.29, 1.82) is 0 Å². The van der Waals surface area contributed by atoms with Crippen LogP contribution in [0.15, 0.2) is 48.5 Å². The van der Waals surface area contributed by atoms with E-state index in [9.17, 15) is 4.79 Å². The van der Waals surface area contributed by atoms with E-state index in [1.54, 1.807) is 48.5 Å². The fourth-order valence-corrected chi connectivity index (χ4v) is 1.54. The van der Waals surface area contributed by atoms with Crippen molar-refractivity contribution >= 4 is 17.4 Å². The second kappa shape index (κ2) is 5.02. The summed E-state index contributed by atoms with van der Waals surface area (Å²) in [7, 11) is 0. The number of hydrogen-bond acceptors (Lipinski definition) is 2. The molecule has 0 N–H and O–H groups in total. The molecule has 0 fully saturated rings. The van der Waals surface area contributed by atoms with E-state index in [1.165, 1.54) is 6.92 Å². The van der Waals surface area contributed by atoms with Crippen molar-refractivity contribution in [3.63, 3.8) is 0 Å². The Bertz CT molecular complexity index is 532. The Hall–Kier alpha value is -1.80. The number of ketones is 1. The minimum absolute atomic E-state index is 0.0200. The Morgan fingerprint density at radius 2 is 1.76 bits per heavy atom. The van der Waals surface area contributed by atoms with Crippen molar-refractivity contribution in [1.82, 2.24) is 0 Å². The van der Waals surface area contributed by atoms with E-state index in [0.717, 1.165) is 0 Å². The van der Waals surface area contributed by atoms with Gasteiger partial charge in [-0.05, 0) is 43.3 Å². The minimum Gasteiger partial charge on any atom is -0.457 e. The summed E-state index contributed by atoms with van der Waals surface area (Å²) in [6.45, 7) is 1.53. The highest BCUT2D eigenvalue weighted by atomic mass is 35.5. The number of hydrogen-bond donors (Lipinski definition) is 0. The molecule has 0 radical (unpaired) electrons. The summed E-state index contributed by atoms with van der Waals surface area (Å²) in [5.74, 6) is 1.35. The lowest BCUT2D eigenvalue weighted by Gasteiger charge is -2.06. The quantitative estimate of drug-likeness (QED) is 0.754. The Balaban J connectivity index is 2.21. The smallest absolute Gasteiger partial charge is 0.159 e. The molecule has 0 aliphatic rings. The number of carbonyl (C=O) groups excluding carboxylic acids is 1. The molecule has 2 rings (SSSR count). The molecule has 0 aliphatic carbocycles. The first kappa shape index (κ1) is 11.7. The van der Waals surface area contributed by atoms with Crippen LogP contribution in [0.2, 0.25) is 5.02 Å². The molecule has 0 aromatic heterocycles. The molecule has 0 heterocycles. The van der Waals surface area contributed by atoms with Crippen LogP contribution >= 0.6 is 11.6 Å². The van der Waals surface area contributed by atoms with Crippen LogP contribution in [0, 0.1) is 0 Å². The third-order valence-electron chi connectivity index (χ3n) is 2.29. The van der Waals surface area contributed by atoms with Gasteiger partial charge in [-0.2, -0.15) is 0 Å². The largest absolute Gasteiger partial charge is 0.457 e. The topological polar surface area (TPSA) is 26.3 Å². The summed E-state index contributed by atoms with van der Waals surface area (Å²) in [6, 6.07) is 14.2. The van der Waals surface area contributed by atoms with Gasteiger partial charge in [0.25, 0.3) is 0 Å². The number of Topliss-reactive ketones (excluding diaryl/α,β-unsaturated/α-hetero) is 1. The van der Waals surface area contributed by atoms with Gasteiger partial charge < -0.3 is 4.74 Å². The van der Waals surface area contributed by atoms with Crippen LogP contribution in [0.5, 0.6) is 11.5 Å². The second-order valence-electron chi connectivity index (χ2n) is 3.64. The number of ether oxygens (including phenoxy) is 1. The first-order valence-electron chi connectivity index (χ1n) is 5.19. The average Bonchev–Trinajstić information content (AvgIpc) is 2.32. The van der Waals surface area contributed by atoms with Gasteiger partial charge in [0.05, 0.1) is 0 Å². The highest BCUT2D eigenvalue weighted by molar-refractivity contribution is 6.30. The van der Waals surface area contributed by atoms with Crippen LogP contribution in [-0.2, 0) is 0 Å². The summed E-state index contributed by atoms with van der Waals surface area (Å²) in [6.07, 6.45) is 0. The Morgan fingerprint density at radius 1 is 1.06 bits per heavy atom. The van der Waals surface area contributed by atoms with E-state index >= 15 is 0 Å². The molecular weight excluding hydrogens is 236 g/mol. The molecule has 0 saturated carbocycles. The van der Waals surface area contributed by atoms with Gasteiger partial charge in [0.15, 0.2) is 5.78 Å². The maximum absolute atomic E-state index is 11.2. The molecule has 3 heteroatoms. The van der Waals surface area contributed by atoms with E-state index in [2.05, 4.69) is 0 Å². The van der Waals surface area contributed by atoms with Gasteiger partial charge in [-0.15, -0.1) is 0 Å². The number of halogens is 1. The van der Waals surface area contributed by atoms with Crippen LogP contribution in [0.1, 0.15) is 17.3 Å². The molecular formula is C14H11ClO2. The molecule has 0 spiro atoms. The molecule has 0 atom stereocenters. The summed E-state index contributed by atoms with van der Waals surface area (Å²) >= 11 is 5.78. The Labute approximate surface area is 105 Å². The van der Waals surface area contributed by atoms with Gasteiger partial charge in [0.1, 0.15) is 11.5 Å². The van der Waals surface area contributed by atoms with E-state index in [-0.39, 0.29) is 5.78 Å². The molecule has 2 aromatic rings. The molecule has 0 unspecified atom stereocenters. The first-order valence-corrected chi connectivity index (χ1v) is 5.57. The Morgan fingerprint density at radius 3 is 2.41 bits per heavy atom. The Kier molecular flexibility index (Phi) is 3.45. The van der Waals surface area contributed by atoms with Crippen LogP contribution < -0.4 is 4.74 Å². The van der Waals surface area contributed by atoms with Crippen molar-refractivity contribution < 1.29 is 9.53 Å². The van der Waals surface area contributed by atoms with Crippen LogP contribution in [-0.4, -0.2) is 5.78 Å². The van der Waals surface area contributed by atoms with E-state index in [0.29, 0.717) is 22.1 Å². The predicted molar refractivity (Wildman–Crippen MR) is 68.0 cm³/mol. The summed E-state index contributed by atoms with van der Waals surface area (Å²) in [4.78, 5) is 11.2. The molecule has 2 aromatic carbocycles. The van der Waals surface area contributed by atoms with Crippen molar-refractivity contribution in [3.8, 4) is 11.5 Å². The standard InChI is InChI=1S/C14H11ClO2/c1-10(16)11-3-2-4-14(9-11)17-13-7-5-12(15)6-8-13/h2-9H,1H3. The lowest BCUT2D eigenvalue weighted by atomic mass is 10.1. The highest BCUT2D eigenvalue weighted by Gasteiger charge is 2.02. The number of rotatable bonds is 3. The average molecular weight is 247 g/mol. The van der Waals surface area contributed by atoms with Crippen LogP contribution in [0.4, 0.5) is 0 Å². The molecule has 0 amide bonds. The molecule has 0 bridgehead atoms. The second-order valence-corrected chi connectivity index (χ2v) is 4.08. The van der Waals surface area contributed by atoms with Gasteiger partial charge in [-0.1, -0.05) is 23.7 Å². The minimum atomic E-state index is 0.0200. The summed E-state index contributed by atoms with van der Waals surface area (Å²) < 4.78 is 5.61. The summed E-state index contributed by atoms with van der Waals surface area (Å²) in [5.41, 5.74) is 0.636. The fraction of sp³-hybridized carbons (Fsp3) is 0.0714. The van der Waals surface area contributed by atoms with E-state index < -0.39 is 0 Å². The van der Waals surface area contributed by atoms with Gasteiger partial charge in [0.2, 0.25) is 0 Å². The summed E-state index contributed by atoms with van der Waals surface area (Å²) in [5, 5.41) is 0.662. The molecule has 0 saturated heterocycles. The van der Waals surface area contributed by atoms with E-state index in [1.807, 2.05) is 0 Å². The zero-order valence-corrected chi connectivity index (χ0v) is 10.1. The van der Waals surface area contributed by atoms with Gasteiger partial charge in [-0.3, -0.25) is 4.79 Å². The maximum atomic E-state index is 11.2. The fourth-order valence-electron chi connectivity index (χ4n) is 1.42. The van der Waals surface area contributed by atoms with Crippen molar-refractivity contribution in [3.05, 3.63) is 59.1 Å². The molecule has 0 aliphatic heterocycles. The third-order valence-corrected chi connectivity index (χ3v) is 2.54. The van der Waals surface area contributed by atoms with E-state index in [4.69, 9.17) is 16.3 Å². The number of benzene rings is 2. The molecule has 2 nitrogen and oxygen atoms in total. The number of carbonyl (C=O) groups is 1. The van der Waals surface area contributed by atoms with Crippen LogP contribution in [0.25, 0.3) is 0 Å². The monoisotopic (exact) mass is 246 g/mol. The van der Waals surface area contributed by atoms with Crippen molar-refractivity contribution in [2.45, 2.75) is 6.92 Å². The van der Waals surface area contributed by atoms with Gasteiger partial charge >= 0.3 is 0 Å². The highest BCUT2D eigenvalue weighted by Crippen LogP contribution is 2.23. The SMILES string of the molecule is CC(=O)c1cccc(Oc2ccc(Cl)cc2)c1. The molecule has 17 heavy (non-hydrogen) atoms. The third kappa shape index (κ3) is 3.08. The lowest BCUT2D eigenvalue weighted by molar-refractivity contribution is 0.101. The van der Waals surface area contributed by atoms with Gasteiger partial charge in [0, 0.05) is 10.6 Å². The van der Waals surface area contributed by atoms with Crippen molar-refractivity contribution in [2.75, 3.05) is 0 Å². The van der Waals surface area contributed by atoms with Crippen molar-refractivity contribution in [2.24, 2.45) is 0 Å². The first-order chi connectivity index (χ1) is 8.15. The lowest BCUT2D eigenvalue weighted by Crippen LogP contribution is -1.92. The zero-order chi connectivity index (χ0) is 12.3. The zero-order valence-electron chi connectivity index (χ0n) is 9.31. The van der Waals surface area contributed by atoms with Crippen LogP contribution in [0.3, 0.4) is 0 Å². The maximum Gasteiger partial charge on any atom is 0.159 e. The normalized spacial score (nSPS) is 10.0.